The molecule has 0 aromatic heterocycles. The number of ether oxygens (including phenoxy) is 1. The van der Waals surface area contributed by atoms with E-state index in [9.17, 15) is 13.6 Å². The van der Waals surface area contributed by atoms with E-state index in [0.29, 0.717) is 0 Å². The van der Waals surface area contributed by atoms with Crippen molar-refractivity contribution >= 4 is 17.4 Å². The lowest BCUT2D eigenvalue weighted by atomic mass is 10.1. The minimum absolute atomic E-state index is 0.105. The molecular weight excluding hydrogens is 226 g/mol. The number of benzene rings is 1. The van der Waals surface area contributed by atoms with Gasteiger partial charge in [0.15, 0.2) is 5.78 Å². The maximum Gasteiger partial charge on any atom is 0.265 e. The van der Waals surface area contributed by atoms with Crippen LogP contribution in [0.2, 0.25) is 5.02 Å². The van der Waals surface area contributed by atoms with Crippen LogP contribution in [0.3, 0.4) is 0 Å². The van der Waals surface area contributed by atoms with Crippen LogP contribution in [0.15, 0.2) is 12.1 Å². The summed E-state index contributed by atoms with van der Waals surface area (Å²) >= 11 is 5.61. The monoisotopic (exact) mass is 234 g/mol. The number of rotatable bonds is 3. The van der Waals surface area contributed by atoms with E-state index in [1.165, 1.54) is 20.1 Å². The lowest BCUT2D eigenvalue weighted by molar-refractivity contribution is 0.101. The third-order valence-electron chi connectivity index (χ3n) is 1.93. The molecule has 0 aliphatic rings. The van der Waals surface area contributed by atoms with Gasteiger partial charge in [-0.15, -0.1) is 0 Å². The van der Waals surface area contributed by atoms with Crippen molar-refractivity contribution in [2.75, 3.05) is 7.11 Å². The van der Waals surface area contributed by atoms with E-state index in [1.807, 2.05) is 0 Å². The molecule has 1 aromatic carbocycles. The van der Waals surface area contributed by atoms with E-state index >= 15 is 0 Å². The van der Waals surface area contributed by atoms with Gasteiger partial charge in [-0.05, 0) is 19.1 Å². The van der Waals surface area contributed by atoms with Gasteiger partial charge >= 0.3 is 0 Å². The lowest BCUT2D eigenvalue weighted by Gasteiger charge is -2.10. The first kappa shape index (κ1) is 11.9. The number of ketones is 1. The highest BCUT2D eigenvalue weighted by molar-refractivity contribution is 6.31. The molecule has 1 aromatic rings. The zero-order valence-corrected chi connectivity index (χ0v) is 8.94. The van der Waals surface area contributed by atoms with E-state index in [2.05, 4.69) is 0 Å². The molecule has 0 heterocycles. The molecule has 0 amide bonds. The van der Waals surface area contributed by atoms with Gasteiger partial charge in [0.2, 0.25) is 0 Å². The van der Waals surface area contributed by atoms with Gasteiger partial charge in [-0.3, -0.25) is 4.79 Å². The van der Waals surface area contributed by atoms with Crippen molar-refractivity contribution in [2.24, 2.45) is 0 Å². The molecule has 0 fully saturated rings. The summed E-state index contributed by atoms with van der Waals surface area (Å²) in [5.41, 5.74) is -0.250. The Morgan fingerprint density at radius 3 is 2.47 bits per heavy atom. The highest BCUT2D eigenvalue weighted by Gasteiger charge is 2.18. The largest absolute Gasteiger partial charge is 0.496 e. The molecular formula is C10H9ClF2O2. The molecule has 0 saturated carbocycles. The number of methoxy groups -OCH3 is 1. The topological polar surface area (TPSA) is 26.3 Å². The SMILES string of the molecule is COc1cc(Cl)c(C(F)F)cc1C(C)=O. The van der Waals surface area contributed by atoms with Gasteiger partial charge in [0.05, 0.1) is 17.7 Å². The minimum Gasteiger partial charge on any atom is -0.496 e. The Balaban J connectivity index is 3.37. The van der Waals surface area contributed by atoms with Crippen molar-refractivity contribution in [3.63, 3.8) is 0 Å². The summed E-state index contributed by atoms with van der Waals surface area (Å²) in [5.74, 6) is -0.137. The molecule has 82 valence electrons. The second-order valence-electron chi connectivity index (χ2n) is 2.93. The van der Waals surface area contributed by atoms with Crippen LogP contribution in [0.1, 0.15) is 29.3 Å². The van der Waals surface area contributed by atoms with Crippen LogP contribution in [0.4, 0.5) is 8.78 Å². The van der Waals surface area contributed by atoms with E-state index < -0.39 is 6.43 Å². The second kappa shape index (κ2) is 4.57. The van der Waals surface area contributed by atoms with Crippen molar-refractivity contribution < 1.29 is 18.3 Å². The van der Waals surface area contributed by atoms with Crippen molar-refractivity contribution in [3.05, 3.63) is 28.3 Å². The fraction of sp³-hybridized carbons (Fsp3) is 0.300. The molecule has 15 heavy (non-hydrogen) atoms. The van der Waals surface area contributed by atoms with Gasteiger partial charge in [-0.25, -0.2) is 8.78 Å². The minimum atomic E-state index is -2.71. The molecule has 0 saturated heterocycles. The Kier molecular flexibility index (Phi) is 3.63. The quantitative estimate of drug-likeness (QED) is 0.749. The molecule has 0 unspecified atom stereocenters. The van der Waals surface area contributed by atoms with Gasteiger partial charge in [0, 0.05) is 5.56 Å². The van der Waals surface area contributed by atoms with Gasteiger partial charge in [-0.1, -0.05) is 11.6 Å². The third-order valence-corrected chi connectivity index (χ3v) is 2.26. The number of hydrogen-bond donors (Lipinski definition) is 0. The number of carbonyl (C=O) groups is 1. The van der Waals surface area contributed by atoms with Crippen molar-refractivity contribution in [1.82, 2.24) is 0 Å². The van der Waals surface area contributed by atoms with E-state index in [4.69, 9.17) is 16.3 Å². The molecule has 0 N–H and O–H groups in total. The summed E-state index contributed by atoms with van der Waals surface area (Å²) in [5, 5.41) is -0.105. The smallest absolute Gasteiger partial charge is 0.265 e. The van der Waals surface area contributed by atoms with Crippen molar-refractivity contribution in [2.45, 2.75) is 13.3 Å². The van der Waals surface area contributed by atoms with E-state index in [-0.39, 0.29) is 27.7 Å². The highest BCUT2D eigenvalue weighted by atomic mass is 35.5. The first-order valence-corrected chi connectivity index (χ1v) is 4.51. The summed E-state index contributed by atoms with van der Waals surface area (Å²) in [7, 11) is 1.35. The number of hydrogen-bond acceptors (Lipinski definition) is 2. The Bertz CT molecular complexity index is 391. The number of carbonyl (C=O) groups excluding carboxylic acids is 1. The molecule has 0 atom stereocenters. The summed E-state index contributed by atoms with van der Waals surface area (Å²) in [4.78, 5) is 11.1. The fourth-order valence-electron chi connectivity index (χ4n) is 1.18. The second-order valence-corrected chi connectivity index (χ2v) is 3.34. The van der Waals surface area contributed by atoms with Crippen LogP contribution in [0.5, 0.6) is 5.75 Å². The first-order valence-electron chi connectivity index (χ1n) is 4.14. The Labute approximate surface area is 90.8 Å². The van der Waals surface area contributed by atoms with Gasteiger partial charge in [0.25, 0.3) is 6.43 Å². The lowest BCUT2D eigenvalue weighted by Crippen LogP contribution is -2.00. The first-order chi connectivity index (χ1) is 6.97. The van der Waals surface area contributed by atoms with Gasteiger partial charge in [0.1, 0.15) is 5.75 Å². The molecule has 0 radical (unpaired) electrons. The molecule has 0 bridgehead atoms. The number of alkyl halides is 2. The van der Waals surface area contributed by atoms with Crippen LogP contribution in [-0.4, -0.2) is 12.9 Å². The summed E-state index contributed by atoms with van der Waals surface area (Å²) in [6.07, 6.45) is -2.71. The average molecular weight is 235 g/mol. The fourth-order valence-corrected chi connectivity index (χ4v) is 1.42. The molecule has 5 heteroatoms. The zero-order valence-electron chi connectivity index (χ0n) is 8.18. The van der Waals surface area contributed by atoms with Crippen molar-refractivity contribution in [1.29, 1.82) is 0 Å². The Morgan fingerprint density at radius 2 is 2.07 bits per heavy atom. The van der Waals surface area contributed by atoms with Crippen LogP contribution in [0, 0.1) is 0 Å². The molecule has 0 aliphatic heterocycles. The van der Waals surface area contributed by atoms with Crippen LogP contribution >= 0.6 is 11.6 Å². The van der Waals surface area contributed by atoms with E-state index in [0.717, 1.165) is 6.07 Å². The Morgan fingerprint density at radius 1 is 1.47 bits per heavy atom. The maximum absolute atomic E-state index is 12.5. The van der Waals surface area contributed by atoms with Crippen LogP contribution in [-0.2, 0) is 0 Å². The normalized spacial score (nSPS) is 10.5. The summed E-state index contributed by atoms with van der Waals surface area (Å²) < 4.78 is 29.8. The predicted octanol–water partition coefficient (Wildman–Crippen LogP) is 3.49. The average Bonchev–Trinajstić information content (AvgIpc) is 2.16. The van der Waals surface area contributed by atoms with Crippen LogP contribution in [0.25, 0.3) is 0 Å². The van der Waals surface area contributed by atoms with Crippen molar-refractivity contribution in [3.8, 4) is 5.75 Å². The predicted molar refractivity (Wildman–Crippen MR) is 53.0 cm³/mol. The molecule has 0 aliphatic carbocycles. The molecule has 0 spiro atoms. The summed E-state index contributed by atoms with van der Waals surface area (Å²) in [6, 6.07) is 2.29. The van der Waals surface area contributed by atoms with Gasteiger partial charge < -0.3 is 4.74 Å². The van der Waals surface area contributed by atoms with E-state index in [1.54, 1.807) is 0 Å². The third kappa shape index (κ3) is 2.45. The van der Waals surface area contributed by atoms with Gasteiger partial charge in [-0.2, -0.15) is 0 Å². The zero-order chi connectivity index (χ0) is 11.6. The number of Topliss-reactive ketones (excluding diaryl/α,β-unsaturated/α-hetero) is 1. The highest BCUT2D eigenvalue weighted by Crippen LogP contribution is 2.33. The summed E-state index contributed by atoms with van der Waals surface area (Å²) in [6.45, 7) is 1.28. The van der Waals surface area contributed by atoms with Crippen LogP contribution < -0.4 is 4.74 Å². The maximum atomic E-state index is 12.5. The molecule has 2 nitrogen and oxygen atoms in total. The standard InChI is InChI=1S/C10H9ClF2O2/c1-5(14)6-3-7(10(12)13)8(11)4-9(6)15-2/h3-4,10H,1-2H3. The number of halogens is 3. The Hall–Kier alpha value is -1.16. The molecule has 1 rings (SSSR count).